The SMILES string of the molecule is CNC(C)(CCCSc1nccs1)C(=O)O. The van der Waals surface area contributed by atoms with Crippen LogP contribution in [0, 0.1) is 0 Å². The van der Waals surface area contributed by atoms with Crippen molar-refractivity contribution in [3.63, 3.8) is 0 Å². The van der Waals surface area contributed by atoms with Crippen LogP contribution in [0.15, 0.2) is 15.9 Å². The summed E-state index contributed by atoms with van der Waals surface area (Å²) in [5.41, 5.74) is -0.816. The molecule has 0 fully saturated rings. The van der Waals surface area contributed by atoms with Crippen molar-refractivity contribution in [3.05, 3.63) is 11.6 Å². The van der Waals surface area contributed by atoms with E-state index in [-0.39, 0.29) is 0 Å². The smallest absolute Gasteiger partial charge is 0.323 e. The maximum atomic E-state index is 11.0. The first-order chi connectivity index (χ1) is 7.58. The van der Waals surface area contributed by atoms with Gasteiger partial charge in [0.15, 0.2) is 0 Å². The number of aromatic nitrogens is 1. The molecule has 0 spiro atoms. The van der Waals surface area contributed by atoms with Crippen LogP contribution in [0.1, 0.15) is 19.8 Å². The maximum Gasteiger partial charge on any atom is 0.323 e. The number of hydrogen-bond acceptors (Lipinski definition) is 5. The Labute approximate surface area is 103 Å². The minimum atomic E-state index is -0.816. The summed E-state index contributed by atoms with van der Waals surface area (Å²) in [7, 11) is 1.68. The molecule has 16 heavy (non-hydrogen) atoms. The highest BCUT2D eigenvalue weighted by atomic mass is 32.2. The Bertz CT molecular complexity index is 330. The van der Waals surface area contributed by atoms with E-state index >= 15 is 0 Å². The number of hydrogen-bond donors (Lipinski definition) is 2. The number of nitrogens with one attached hydrogen (secondary N) is 1. The van der Waals surface area contributed by atoms with Gasteiger partial charge in [0.25, 0.3) is 0 Å². The zero-order valence-electron chi connectivity index (χ0n) is 9.40. The molecule has 6 heteroatoms. The third-order valence-corrected chi connectivity index (χ3v) is 4.53. The van der Waals surface area contributed by atoms with Gasteiger partial charge >= 0.3 is 5.97 Å². The lowest BCUT2D eigenvalue weighted by Gasteiger charge is -2.23. The second kappa shape index (κ2) is 6.22. The zero-order chi connectivity index (χ0) is 12.0. The fourth-order valence-electron chi connectivity index (χ4n) is 1.21. The molecule has 90 valence electrons. The molecule has 0 amide bonds. The number of aliphatic carboxylic acids is 1. The van der Waals surface area contributed by atoms with E-state index in [2.05, 4.69) is 10.3 Å². The van der Waals surface area contributed by atoms with E-state index in [1.165, 1.54) is 0 Å². The Kier molecular flexibility index (Phi) is 5.24. The second-order valence-corrected chi connectivity index (χ2v) is 5.87. The molecular weight excluding hydrogens is 244 g/mol. The van der Waals surface area contributed by atoms with E-state index in [1.54, 1.807) is 43.3 Å². The molecule has 0 bridgehead atoms. The topological polar surface area (TPSA) is 62.2 Å². The summed E-state index contributed by atoms with van der Waals surface area (Å²) in [6.07, 6.45) is 3.26. The molecule has 0 aliphatic rings. The molecule has 1 aromatic heterocycles. The Morgan fingerprint density at radius 1 is 1.75 bits per heavy atom. The Morgan fingerprint density at radius 2 is 2.50 bits per heavy atom. The van der Waals surface area contributed by atoms with E-state index in [0.717, 1.165) is 16.5 Å². The number of carboxylic acid groups (broad SMARTS) is 1. The van der Waals surface area contributed by atoms with Crippen molar-refractivity contribution in [2.45, 2.75) is 29.6 Å². The fourth-order valence-corrected chi connectivity index (χ4v) is 2.85. The minimum Gasteiger partial charge on any atom is -0.480 e. The van der Waals surface area contributed by atoms with Gasteiger partial charge in [-0.15, -0.1) is 11.3 Å². The number of nitrogens with zero attached hydrogens (tertiary/aromatic N) is 1. The van der Waals surface area contributed by atoms with Gasteiger partial charge < -0.3 is 10.4 Å². The molecule has 2 N–H and O–H groups in total. The van der Waals surface area contributed by atoms with Gasteiger partial charge in [-0.25, -0.2) is 4.98 Å². The van der Waals surface area contributed by atoms with Crippen molar-refractivity contribution in [3.8, 4) is 0 Å². The summed E-state index contributed by atoms with van der Waals surface area (Å²) < 4.78 is 1.04. The molecule has 1 unspecified atom stereocenters. The van der Waals surface area contributed by atoms with E-state index < -0.39 is 11.5 Å². The van der Waals surface area contributed by atoms with Crippen LogP contribution in [-0.4, -0.2) is 34.4 Å². The first-order valence-electron chi connectivity index (χ1n) is 5.03. The van der Waals surface area contributed by atoms with E-state index in [4.69, 9.17) is 5.11 Å². The lowest BCUT2D eigenvalue weighted by Crippen LogP contribution is -2.47. The predicted molar refractivity (Wildman–Crippen MR) is 67.2 cm³/mol. The van der Waals surface area contributed by atoms with Crippen LogP contribution < -0.4 is 5.32 Å². The molecule has 4 nitrogen and oxygen atoms in total. The van der Waals surface area contributed by atoms with Crippen LogP contribution in [0.4, 0.5) is 0 Å². The van der Waals surface area contributed by atoms with Gasteiger partial charge in [0, 0.05) is 17.3 Å². The molecular formula is C10H16N2O2S2. The molecule has 1 atom stereocenters. The first kappa shape index (κ1) is 13.5. The van der Waals surface area contributed by atoms with Crippen LogP contribution in [0.25, 0.3) is 0 Å². The van der Waals surface area contributed by atoms with E-state index in [9.17, 15) is 4.79 Å². The number of thioether (sulfide) groups is 1. The van der Waals surface area contributed by atoms with Gasteiger partial charge in [-0.2, -0.15) is 0 Å². The lowest BCUT2D eigenvalue weighted by atomic mass is 9.97. The summed E-state index contributed by atoms with van der Waals surface area (Å²) in [5, 5.41) is 13.8. The van der Waals surface area contributed by atoms with E-state index in [1.807, 2.05) is 5.38 Å². The highest BCUT2D eigenvalue weighted by molar-refractivity contribution is 8.00. The fraction of sp³-hybridized carbons (Fsp3) is 0.600. The van der Waals surface area contributed by atoms with Crippen LogP contribution in [0.2, 0.25) is 0 Å². The number of thiazole rings is 1. The summed E-state index contributed by atoms with van der Waals surface area (Å²) in [4.78, 5) is 15.2. The molecule has 0 saturated heterocycles. The second-order valence-electron chi connectivity index (χ2n) is 3.64. The standard InChI is InChI=1S/C10H16N2O2S2/c1-10(11-2,8(13)14)4-3-6-15-9-12-5-7-16-9/h5,7,11H,3-4,6H2,1-2H3,(H,13,14). The van der Waals surface area contributed by atoms with Gasteiger partial charge in [0.1, 0.15) is 9.88 Å². The summed E-state index contributed by atoms with van der Waals surface area (Å²) in [6, 6.07) is 0. The van der Waals surface area contributed by atoms with E-state index in [0.29, 0.717) is 6.42 Å². The molecule has 0 aliphatic carbocycles. The van der Waals surface area contributed by atoms with Crippen LogP contribution in [0.3, 0.4) is 0 Å². The largest absolute Gasteiger partial charge is 0.480 e. The first-order valence-corrected chi connectivity index (χ1v) is 6.89. The van der Waals surface area contributed by atoms with Crippen LogP contribution in [-0.2, 0) is 4.79 Å². The van der Waals surface area contributed by atoms with Crippen molar-refractivity contribution in [2.24, 2.45) is 0 Å². The van der Waals surface area contributed by atoms with Crippen molar-refractivity contribution < 1.29 is 9.90 Å². The number of likely N-dealkylation sites (N-methyl/N-ethyl adjacent to an activating group) is 1. The highest BCUT2D eigenvalue weighted by Gasteiger charge is 2.30. The van der Waals surface area contributed by atoms with Gasteiger partial charge in [-0.1, -0.05) is 11.8 Å². The maximum absolute atomic E-state index is 11.0. The summed E-state index contributed by atoms with van der Waals surface area (Å²) >= 11 is 3.29. The number of rotatable bonds is 7. The quantitative estimate of drug-likeness (QED) is 0.580. The predicted octanol–water partition coefficient (Wildman–Crippen LogP) is 2.08. The third kappa shape index (κ3) is 3.77. The van der Waals surface area contributed by atoms with Crippen molar-refractivity contribution in [2.75, 3.05) is 12.8 Å². The summed E-state index contributed by atoms with van der Waals surface area (Å²) in [5.74, 6) is 0.104. The zero-order valence-corrected chi connectivity index (χ0v) is 11.0. The van der Waals surface area contributed by atoms with Gasteiger partial charge in [-0.05, 0) is 26.8 Å². The van der Waals surface area contributed by atoms with Crippen LogP contribution >= 0.6 is 23.1 Å². The molecule has 0 radical (unpaired) electrons. The normalized spacial score (nSPS) is 14.6. The van der Waals surface area contributed by atoms with Gasteiger partial charge in [0.05, 0.1) is 0 Å². The lowest BCUT2D eigenvalue weighted by molar-refractivity contribution is -0.144. The molecule has 0 aromatic carbocycles. The van der Waals surface area contributed by atoms with Crippen molar-refractivity contribution >= 4 is 29.1 Å². The minimum absolute atomic E-state index is 0.622. The molecule has 1 heterocycles. The van der Waals surface area contributed by atoms with Crippen molar-refractivity contribution in [1.82, 2.24) is 10.3 Å². The average molecular weight is 260 g/mol. The molecule has 1 aromatic rings. The average Bonchev–Trinajstić information content (AvgIpc) is 2.76. The number of carbonyl (C=O) groups is 1. The Balaban J connectivity index is 2.26. The summed E-state index contributed by atoms with van der Waals surface area (Å²) in [6.45, 7) is 1.71. The third-order valence-electron chi connectivity index (χ3n) is 2.48. The van der Waals surface area contributed by atoms with Crippen LogP contribution in [0.5, 0.6) is 0 Å². The monoisotopic (exact) mass is 260 g/mol. The Morgan fingerprint density at radius 3 is 3.00 bits per heavy atom. The van der Waals surface area contributed by atoms with Gasteiger partial charge in [-0.3, -0.25) is 4.79 Å². The molecule has 1 rings (SSSR count). The van der Waals surface area contributed by atoms with Gasteiger partial charge in [0.2, 0.25) is 0 Å². The highest BCUT2D eigenvalue weighted by Crippen LogP contribution is 2.23. The molecule has 0 saturated carbocycles. The Hall–Kier alpha value is -0.590. The number of carboxylic acids is 1. The molecule has 0 aliphatic heterocycles. The van der Waals surface area contributed by atoms with Crippen molar-refractivity contribution in [1.29, 1.82) is 0 Å².